The van der Waals surface area contributed by atoms with Gasteiger partial charge in [0.15, 0.2) is 0 Å². The van der Waals surface area contributed by atoms with Gasteiger partial charge in [-0.2, -0.15) is 0 Å². The molecule has 1 aromatic carbocycles. The fourth-order valence-corrected chi connectivity index (χ4v) is 2.51. The van der Waals surface area contributed by atoms with E-state index in [2.05, 4.69) is 68.4 Å². The van der Waals surface area contributed by atoms with Gasteiger partial charge in [0, 0.05) is 30.4 Å². The third-order valence-electron chi connectivity index (χ3n) is 3.75. The van der Waals surface area contributed by atoms with E-state index in [1.54, 1.807) is 0 Å². The van der Waals surface area contributed by atoms with Gasteiger partial charge in [-0.1, -0.05) is 55.1 Å². The van der Waals surface area contributed by atoms with Crippen molar-refractivity contribution < 1.29 is 5.11 Å². The molecule has 1 aromatic rings. The van der Waals surface area contributed by atoms with E-state index in [-0.39, 0.29) is 5.76 Å². The molecule has 0 unspecified atom stereocenters. The molecule has 0 spiro atoms. The lowest BCUT2D eigenvalue weighted by atomic mass is 9.95. The highest BCUT2D eigenvalue weighted by Crippen LogP contribution is 2.29. The summed E-state index contributed by atoms with van der Waals surface area (Å²) in [6, 6.07) is 8.56. The van der Waals surface area contributed by atoms with Crippen molar-refractivity contribution in [2.24, 2.45) is 0 Å². The molecule has 0 aromatic heterocycles. The summed E-state index contributed by atoms with van der Waals surface area (Å²) in [6.45, 7) is 10.5. The maximum atomic E-state index is 9.61. The molecule has 1 aliphatic rings. The van der Waals surface area contributed by atoms with Crippen molar-refractivity contribution in [3.05, 3.63) is 83.3 Å². The lowest BCUT2D eigenvalue weighted by Crippen LogP contribution is -2.21. The molecule has 2 rings (SSSR count). The van der Waals surface area contributed by atoms with Crippen LogP contribution in [0, 0.1) is 6.92 Å². The number of aryl methyl sites for hydroxylation is 1. The molecule has 0 heterocycles. The second-order valence-electron chi connectivity index (χ2n) is 5.55. The number of benzene rings is 1. The Kier molecular flexibility index (Phi) is 4.69. The fourth-order valence-electron chi connectivity index (χ4n) is 2.51. The standard InChI is InChI=1S/C19H23NO/c1-14-9-11-17(12-10-14)13-20(4)19-8-6-5-7-18(19)15(2)16(3)21/h7-12,21H,2-3,5-6,13H2,1,4H3. The lowest BCUT2D eigenvalue weighted by Gasteiger charge is -2.28. The van der Waals surface area contributed by atoms with Crippen LogP contribution in [0.4, 0.5) is 0 Å². The lowest BCUT2D eigenvalue weighted by molar-refractivity contribution is 0.406. The summed E-state index contributed by atoms with van der Waals surface area (Å²) in [5, 5.41) is 9.61. The Morgan fingerprint density at radius 2 is 1.76 bits per heavy atom. The van der Waals surface area contributed by atoms with Crippen molar-refractivity contribution in [1.29, 1.82) is 0 Å². The van der Waals surface area contributed by atoms with E-state index in [0.29, 0.717) is 5.57 Å². The smallest absolute Gasteiger partial charge is 0.115 e. The molecule has 1 aliphatic carbocycles. The van der Waals surface area contributed by atoms with E-state index in [1.165, 1.54) is 11.1 Å². The summed E-state index contributed by atoms with van der Waals surface area (Å²) in [4.78, 5) is 2.20. The van der Waals surface area contributed by atoms with Crippen LogP contribution < -0.4 is 0 Å². The van der Waals surface area contributed by atoms with E-state index in [9.17, 15) is 5.11 Å². The van der Waals surface area contributed by atoms with E-state index >= 15 is 0 Å². The van der Waals surface area contributed by atoms with Crippen LogP contribution in [0.15, 0.2) is 72.2 Å². The third kappa shape index (κ3) is 3.66. The van der Waals surface area contributed by atoms with Crippen LogP contribution in [-0.4, -0.2) is 17.1 Å². The van der Waals surface area contributed by atoms with Crippen molar-refractivity contribution >= 4 is 0 Å². The van der Waals surface area contributed by atoms with Crippen molar-refractivity contribution in [3.8, 4) is 0 Å². The quantitative estimate of drug-likeness (QED) is 0.627. The van der Waals surface area contributed by atoms with Gasteiger partial charge < -0.3 is 10.0 Å². The minimum atomic E-state index is 0.0396. The first-order valence-corrected chi connectivity index (χ1v) is 7.24. The maximum Gasteiger partial charge on any atom is 0.115 e. The zero-order valence-electron chi connectivity index (χ0n) is 12.9. The molecule has 0 radical (unpaired) electrons. The molecular formula is C19H23NO. The normalized spacial score (nSPS) is 14.2. The largest absolute Gasteiger partial charge is 0.508 e. The average molecular weight is 281 g/mol. The SMILES string of the molecule is C=C(O)C(=C)C1=CCCC=C1N(C)Cc1ccc(C)cc1. The summed E-state index contributed by atoms with van der Waals surface area (Å²) >= 11 is 0. The molecule has 1 N–H and O–H groups in total. The molecule has 2 heteroatoms. The number of aliphatic hydroxyl groups is 1. The minimum absolute atomic E-state index is 0.0396. The number of rotatable bonds is 5. The molecule has 0 atom stereocenters. The summed E-state index contributed by atoms with van der Waals surface area (Å²) in [7, 11) is 2.07. The van der Waals surface area contributed by atoms with Crippen LogP contribution >= 0.6 is 0 Å². The van der Waals surface area contributed by atoms with Gasteiger partial charge in [0.2, 0.25) is 0 Å². The molecule has 0 aliphatic heterocycles. The second kappa shape index (κ2) is 6.49. The van der Waals surface area contributed by atoms with Gasteiger partial charge in [0.05, 0.1) is 0 Å². The molecule has 0 saturated carbocycles. The molecule has 0 saturated heterocycles. The van der Waals surface area contributed by atoms with Gasteiger partial charge >= 0.3 is 0 Å². The second-order valence-corrected chi connectivity index (χ2v) is 5.55. The van der Waals surface area contributed by atoms with Crippen molar-refractivity contribution in [2.75, 3.05) is 7.05 Å². The zero-order chi connectivity index (χ0) is 15.4. The van der Waals surface area contributed by atoms with Gasteiger partial charge in [-0.15, -0.1) is 0 Å². The number of aliphatic hydroxyl groups excluding tert-OH is 1. The summed E-state index contributed by atoms with van der Waals surface area (Å²) in [6.07, 6.45) is 6.33. The Bertz CT molecular complexity index is 605. The number of allylic oxidation sites excluding steroid dienone is 4. The number of hydrogen-bond acceptors (Lipinski definition) is 2. The number of nitrogens with zero attached hydrogens (tertiary/aromatic N) is 1. The molecule has 0 bridgehead atoms. The summed E-state index contributed by atoms with van der Waals surface area (Å²) in [5.41, 5.74) is 5.24. The third-order valence-corrected chi connectivity index (χ3v) is 3.75. The Balaban J connectivity index is 2.16. The predicted octanol–water partition coefficient (Wildman–Crippen LogP) is 4.66. The monoisotopic (exact) mass is 281 g/mol. The van der Waals surface area contributed by atoms with Crippen LogP contribution in [0.3, 0.4) is 0 Å². The highest BCUT2D eigenvalue weighted by atomic mass is 16.3. The predicted molar refractivity (Wildman–Crippen MR) is 89.0 cm³/mol. The molecule has 0 amide bonds. The zero-order valence-corrected chi connectivity index (χ0v) is 12.9. The van der Waals surface area contributed by atoms with Crippen LogP contribution in [-0.2, 0) is 6.54 Å². The van der Waals surface area contributed by atoms with Crippen molar-refractivity contribution in [2.45, 2.75) is 26.3 Å². The summed E-state index contributed by atoms with van der Waals surface area (Å²) in [5.74, 6) is 0.0396. The number of hydrogen-bond donors (Lipinski definition) is 1. The van der Waals surface area contributed by atoms with Crippen LogP contribution in [0.2, 0.25) is 0 Å². The van der Waals surface area contributed by atoms with Gasteiger partial charge in [-0.3, -0.25) is 0 Å². The molecule has 0 fully saturated rings. The average Bonchev–Trinajstić information content (AvgIpc) is 2.48. The summed E-state index contributed by atoms with van der Waals surface area (Å²) < 4.78 is 0. The molecule has 110 valence electrons. The molecule has 21 heavy (non-hydrogen) atoms. The van der Waals surface area contributed by atoms with Gasteiger partial charge in [0.1, 0.15) is 5.76 Å². The van der Waals surface area contributed by atoms with Gasteiger partial charge in [-0.25, -0.2) is 0 Å². The first-order chi connectivity index (χ1) is 9.99. The van der Waals surface area contributed by atoms with E-state index in [0.717, 1.165) is 30.7 Å². The highest BCUT2D eigenvalue weighted by Gasteiger charge is 2.17. The Hall–Kier alpha value is -2.22. The maximum absolute atomic E-state index is 9.61. The molecule has 2 nitrogen and oxygen atoms in total. The first kappa shape index (κ1) is 15.2. The van der Waals surface area contributed by atoms with Crippen LogP contribution in [0.25, 0.3) is 0 Å². The van der Waals surface area contributed by atoms with E-state index < -0.39 is 0 Å². The minimum Gasteiger partial charge on any atom is -0.508 e. The molecular weight excluding hydrogens is 258 g/mol. The first-order valence-electron chi connectivity index (χ1n) is 7.24. The van der Waals surface area contributed by atoms with Gasteiger partial charge in [0.25, 0.3) is 0 Å². The highest BCUT2D eigenvalue weighted by molar-refractivity contribution is 5.52. The van der Waals surface area contributed by atoms with Crippen molar-refractivity contribution in [1.82, 2.24) is 4.90 Å². The Morgan fingerprint density at radius 3 is 2.38 bits per heavy atom. The van der Waals surface area contributed by atoms with Crippen LogP contribution in [0.1, 0.15) is 24.0 Å². The van der Waals surface area contributed by atoms with E-state index in [1.807, 2.05) is 0 Å². The van der Waals surface area contributed by atoms with Gasteiger partial charge in [-0.05, 0) is 25.3 Å². The Labute approximate surface area is 127 Å². The van der Waals surface area contributed by atoms with Crippen molar-refractivity contribution in [3.63, 3.8) is 0 Å². The van der Waals surface area contributed by atoms with Crippen LogP contribution in [0.5, 0.6) is 0 Å². The fraction of sp³-hybridized carbons (Fsp3) is 0.263. The number of likely N-dealkylation sites (N-methyl/N-ethyl adjacent to an activating group) is 1. The topological polar surface area (TPSA) is 23.5 Å². The van der Waals surface area contributed by atoms with E-state index in [4.69, 9.17) is 0 Å². The Morgan fingerprint density at radius 1 is 1.14 bits per heavy atom.